The Labute approximate surface area is 216 Å². The molecular formula is C30H30N6O. The Balaban J connectivity index is 1.06. The number of anilines is 1. The van der Waals surface area contributed by atoms with Crippen molar-refractivity contribution in [1.29, 1.82) is 0 Å². The molecule has 3 aromatic heterocycles. The fraction of sp³-hybridized carbons (Fsp3) is 0.267. The Morgan fingerprint density at radius 2 is 1.81 bits per heavy atom. The van der Waals surface area contributed by atoms with E-state index < -0.39 is 0 Å². The maximum Gasteiger partial charge on any atom is 0.220 e. The molecule has 1 amide bonds. The minimum absolute atomic E-state index is 0.0150. The zero-order chi connectivity index (χ0) is 25.4. The summed E-state index contributed by atoms with van der Waals surface area (Å²) in [5.41, 5.74) is 8.64. The second-order valence-electron chi connectivity index (χ2n) is 9.76. The highest BCUT2D eigenvalue weighted by Gasteiger charge is 2.17. The standard InChI is InChI=1S/C30H30N6O/c1-20-25(21(2)36-30(33-20)26-9-5-6-10-27(26)34-36)12-14-29(37)32-18-22-11-13-28(31-17-22)35-16-15-23-7-3-4-8-24(23)19-35/h3-11,13,17H,12,14-16,18-19H2,1-2H3,(H,32,37). The predicted molar refractivity (Wildman–Crippen MR) is 146 cm³/mol. The van der Waals surface area contributed by atoms with Gasteiger partial charge in [0.25, 0.3) is 0 Å². The average Bonchev–Trinajstić information content (AvgIpc) is 3.30. The summed E-state index contributed by atoms with van der Waals surface area (Å²) in [6.45, 7) is 6.38. The molecule has 7 nitrogen and oxygen atoms in total. The van der Waals surface area contributed by atoms with Gasteiger partial charge in [-0.05, 0) is 67.1 Å². The van der Waals surface area contributed by atoms with Crippen molar-refractivity contribution in [3.63, 3.8) is 0 Å². The molecule has 0 saturated carbocycles. The van der Waals surface area contributed by atoms with Crippen LogP contribution >= 0.6 is 0 Å². The summed E-state index contributed by atoms with van der Waals surface area (Å²) in [7, 11) is 0. The number of nitrogens with one attached hydrogen (secondary N) is 1. The molecule has 0 fully saturated rings. The molecule has 4 heterocycles. The first kappa shape index (κ1) is 23.2. The first-order valence-corrected chi connectivity index (χ1v) is 12.8. The Bertz CT molecular complexity index is 1600. The third-order valence-corrected chi connectivity index (χ3v) is 7.37. The van der Waals surface area contributed by atoms with Gasteiger partial charge in [0.1, 0.15) is 5.82 Å². The van der Waals surface area contributed by atoms with Crippen molar-refractivity contribution in [3.8, 4) is 0 Å². The van der Waals surface area contributed by atoms with Crippen molar-refractivity contribution in [2.45, 2.75) is 46.2 Å². The molecule has 0 spiro atoms. The lowest BCUT2D eigenvalue weighted by molar-refractivity contribution is -0.121. The summed E-state index contributed by atoms with van der Waals surface area (Å²) < 4.78 is 1.90. The van der Waals surface area contributed by atoms with Crippen LogP contribution in [0.4, 0.5) is 5.82 Å². The second kappa shape index (κ2) is 9.65. The molecule has 0 aliphatic carbocycles. The van der Waals surface area contributed by atoms with Crippen LogP contribution in [-0.2, 0) is 30.7 Å². The van der Waals surface area contributed by atoms with Crippen molar-refractivity contribution in [2.24, 2.45) is 0 Å². The fourth-order valence-electron chi connectivity index (χ4n) is 5.27. The van der Waals surface area contributed by atoms with E-state index in [4.69, 9.17) is 10.1 Å². The van der Waals surface area contributed by atoms with E-state index in [0.717, 1.165) is 64.4 Å². The van der Waals surface area contributed by atoms with E-state index in [-0.39, 0.29) is 5.91 Å². The predicted octanol–water partition coefficient (Wildman–Crippen LogP) is 4.71. The van der Waals surface area contributed by atoms with Gasteiger partial charge in [-0.25, -0.2) is 14.5 Å². The van der Waals surface area contributed by atoms with E-state index in [0.29, 0.717) is 19.4 Å². The maximum atomic E-state index is 12.7. The van der Waals surface area contributed by atoms with Crippen LogP contribution in [0.5, 0.6) is 0 Å². The van der Waals surface area contributed by atoms with Crippen LogP contribution < -0.4 is 10.2 Å². The SMILES string of the molecule is Cc1nc2c3ccccc3nn2c(C)c1CCC(=O)NCc1ccc(N2CCc3ccccc3C2)nc1. The van der Waals surface area contributed by atoms with Crippen molar-refractivity contribution in [2.75, 3.05) is 11.4 Å². The second-order valence-corrected chi connectivity index (χ2v) is 9.76. The number of hydrogen-bond donors (Lipinski definition) is 1. The molecule has 1 N–H and O–H groups in total. The molecule has 6 rings (SSSR count). The lowest BCUT2D eigenvalue weighted by Gasteiger charge is -2.29. The number of hydrogen-bond acceptors (Lipinski definition) is 5. The van der Waals surface area contributed by atoms with Gasteiger partial charge in [-0.15, -0.1) is 0 Å². The molecule has 37 heavy (non-hydrogen) atoms. The van der Waals surface area contributed by atoms with Crippen LogP contribution in [0.25, 0.3) is 16.6 Å². The van der Waals surface area contributed by atoms with Gasteiger partial charge < -0.3 is 10.2 Å². The van der Waals surface area contributed by atoms with Crippen LogP contribution in [0.1, 0.15) is 40.1 Å². The largest absolute Gasteiger partial charge is 0.352 e. The summed E-state index contributed by atoms with van der Waals surface area (Å²) in [5.74, 6) is 0.992. The van der Waals surface area contributed by atoms with Crippen LogP contribution in [0.3, 0.4) is 0 Å². The molecule has 1 aliphatic rings. The third kappa shape index (κ3) is 4.53. The number of aryl methyl sites for hydroxylation is 2. The molecule has 2 aromatic carbocycles. The van der Waals surface area contributed by atoms with Crippen LogP contribution in [0.2, 0.25) is 0 Å². The van der Waals surface area contributed by atoms with Crippen molar-refractivity contribution in [3.05, 3.63) is 101 Å². The molecule has 7 heteroatoms. The molecule has 5 aromatic rings. The normalized spacial score (nSPS) is 13.2. The van der Waals surface area contributed by atoms with E-state index >= 15 is 0 Å². The van der Waals surface area contributed by atoms with Crippen LogP contribution in [0, 0.1) is 13.8 Å². The number of nitrogens with zero attached hydrogens (tertiary/aromatic N) is 5. The highest BCUT2D eigenvalue weighted by Crippen LogP contribution is 2.24. The summed E-state index contributed by atoms with van der Waals surface area (Å²) in [6, 6.07) is 20.7. The number of benzene rings is 2. The Morgan fingerprint density at radius 1 is 1.00 bits per heavy atom. The first-order chi connectivity index (χ1) is 18.1. The van der Waals surface area contributed by atoms with Crippen molar-refractivity contribution in [1.82, 2.24) is 24.9 Å². The molecule has 0 saturated heterocycles. The zero-order valence-corrected chi connectivity index (χ0v) is 21.2. The average molecular weight is 491 g/mol. The molecule has 0 atom stereocenters. The van der Waals surface area contributed by atoms with E-state index in [9.17, 15) is 4.79 Å². The van der Waals surface area contributed by atoms with Crippen molar-refractivity contribution < 1.29 is 4.79 Å². The number of carbonyl (C=O) groups excluding carboxylic acids is 1. The number of rotatable bonds is 6. The van der Waals surface area contributed by atoms with Crippen LogP contribution in [-0.4, -0.2) is 32.0 Å². The zero-order valence-electron chi connectivity index (χ0n) is 21.2. The Kier molecular flexibility index (Phi) is 6.04. The fourth-order valence-corrected chi connectivity index (χ4v) is 5.27. The van der Waals surface area contributed by atoms with E-state index in [2.05, 4.69) is 58.5 Å². The third-order valence-electron chi connectivity index (χ3n) is 7.37. The van der Waals surface area contributed by atoms with Gasteiger partial charge in [-0.2, -0.15) is 5.10 Å². The smallest absolute Gasteiger partial charge is 0.220 e. The molecule has 1 aliphatic heterocycles. The van der Waals surface area contributed by atoms with Gasteiger partial charge in [-0.3, -0.25) is 4.79 Å². The number of aromatic nitrogens is 4. The molecular weight excluding hydrogens is 460 g/mol. The van der Waals surface area contributed by atoms with Gasteiger partial charge in [0, 0.05) is 49.0 Å². The summed E-state index contributed by atoms with van der Waals surface area (Å²) in [4.78, 5) is 24.5. The van der Waals surface area contributed by atoms with Gasteiger partial charge in [0.05, 0.1) is 5.52 Å². The number of carbonyl (C=O) groups is 1. The molecule has 0 radical (unpaired) electrons. The van der Waals surface area contributed by atoms with Gasteiger partial charge in [0.2, 0.25) is 5.91 Å². The number of fused-ring (bicyclic) bond motifs is 4. The van der Waals surface area contributed by atoms with Gasteiger partial charge in [0.15, 0.2) is 5.65 Å². The topological polar surface area (TPSA) is 75.4 Å². The lowest BCUT2D eigenvalue weighted by atomic mass is 10.00. The monoisotopic (exact) mass is 490 g/mol. The van der Waals surface area contributed by atoms with Gasteiger partial charge in [-0.1, -0.05) is 42.5 Å². The minimum atomic E-state index is 0.0150. The van der Waals surface area contributed by atoms with Gasteiger partial charge >= 0.3 is 0 Å². The number of pyridine rings is 1. The quantitative estimate of drug-likeness (QED) is 0.373. The van der Waals surface area contributed by atoms with E-state index in [1.807, 2.05) is 41.9 Å². The highest BCUT2D eigenvalue weighted by atomic mass is 16.1. The summed E-state index contributed by atoms with van der Waals surface area (Å²) in [6.07, 6.45) is 3.92. The number of amides is 1. The molecule has 186 valence electrons. The molecule has 0 bridgehead atoms. The molecule has 0 unspecified atom stereocenters. The first-order valence-electron chi connectivity index (χ1n) is 12.8. The Morgan fingerprint density at radius 3 is 2.65 bits per heavy atom. The Hall–Kier alpha value is -4.26. The van der Waals surface area contributed by atoms with Crippen LogP contribution in [0.15, 0.2) is 66.9 Å². The lowest BCUT2D eigenvalue weighted by Crippen LogP contribution is -2.31. The summed E-state index contributed by atoms with van der Waals surface area (Å²) >= 11 is 0. The van der Waals surface area contributed by atoms with Crippen molar-refractivity contribution >= 4 is 28.3 Å². The van der Waals surface area contributed by atoms with E-state index in [1.165, 1.54) is 11.1 Å². The maximum absolute atomic E-state index is 12.7. The van der Waals surface area contributed by atoms with E-state index in [1.54, 1.807) is 0 Å². The summed E-state index contributed by atoms with van der Waals surface area (Å²) in [5, 5.41) is 8.80. The highest BCUT2D eigenvalue weighted by molar-refractivity contribution is 5.92. The minimum Gasteiger partial charge on any atom is -0.352 e.